The summed E-state index contributed by atoms with van der Waals surface area (Å²) in [4.78, 5) is 14.5. The molecule has 0 atom stereocenters. The van der Waals surface area contributed by atoms with Gasteiger partial charge in [-0.1, -0.05) is 36.9 Å². The molecule has 2 aromatic carbocycles. The number of likely N-dealkylation sites (tertiary alicyclic amines) is 1. The Kier molecular flexibility index (Phi) is 4.63. The second-order valence-corrected chi connectivity index (χ2v) is 8.61. The van der Waals surface area contributed by atoms with Gasteiger partial charge in [0.25, 0.3) is 0 Å². The SMILES string of the molecule is Cc1cc([O-])c(C[NH+]2CCC(C)CC2)c2c1C(=O)/C(=C/c1cc3ccccc3o1)O2. The number of piperidine rings is 1. The molecule has 5 nitrogen and oxygen atoms in total. The van der Waals surface area contributed by atoms with Crippen molar-refractivity contribution in [1.29, 1.82) is 0 Å². The molecule has 0 amide bonds. The number of hydrogen-bond donors (Lipinski definition) is 1. The molecule has 1 saturated heterocycles. The monoisotopic (exact) mass is 403 g/mol. The number of nitrogens with one attached hydrogen (secondary N) is 1. The van der Waals surface area contributed by atoms with E-state index in [-0.39, 0.29) is 17.3 Å². The molecular weight excluding hydrogens is 378 g/mol. The Balaban J connectivity index is 1.49. The predicted molar refractivity (Wildman–Crippen MR) is 113 cm³/mol. The summed E-state index contributed by atoms with van der Waals surface area (Å²) in [6.45, 7) is 6.75. The molecule has 3 heterocycles. The maximum atomic E-state index is 13.1. The summed E-state index contributed by atoms with van der Waals surface area (Å²) in [5, 5.41) is 13.8. The molecule has 2 aliphatic heterocycles. The van der Waals surface area contributed by atoms with Crippen molar-refractivity contribution in [3.05, 3.63) is 64.6 Å². The van der Waals surface area contributed by atoms with E-state index in [9.17, 15) is 9.90 Å². The van der Waals surface area contributed by atoms with Crippen LogP contribution < -0.4 is 14.7 Å². The van der Waals surface area contributed by atoms with Crippen LogP contribution in [0.25, 0.3) is 17.0 Å². The van der Waals surface area contributed by atoms with E-state index in [1.807, 2.05) is 30.3 Å². The number of ether oxygens (including phenoxy) is 1. The number of furan rings is 1. The van der Waals surface area contributed by atoms with Crippen LogP contribution in [0.3, 0.4) is 0 Å². The zero-order chi connectivity index (χ0) is 20.8. The summed E-state index contributed by atoms with van der Waals surface area (Å²) >= 11 is 0. The van der Waals surface area contributed by atoms with Crippen LogP contribution in [0.5, 0.6) is 11.5 Å². The average Bonchev–Trinajstić information content (AvgIpc) is 3.27. The maximum absolute atomic E-state index is 13.1. The minimum absolute atomic E-state index is 0.0461. The van der Waals surface area contributed by atoms with Crippen LogP contribution in [0.4, 0.5) is 0 Å². The third kappa shape index (κ3) is 3.29. The van der Waals surface area contributed by atoms with Gasteiger partial charge in [0.15, 0.2) is 5.76 Å². The summed E-state index contributed by atoms with van der Waals surface area (Å²) in [6.07, 6.45) is 3.95. The number of carbonyl (C=O) groups is 1. The average molecular weight is 403 g/mol. The number of ketones is 1. The summed E-state index contributed by atoms with van der Waals surface area (Å²) in [7, 11) is 0. The first kappa shape index (κ1) is 18.9. The Morgan fingerprint density at radius 1 is 1.20 bits per heavy atom. The number of hydrogen-bond acceptors (Lipinski definition) is 4. The van der Waals surface area contributed by atoms with Crippen LogP contribution >= 0.6 is 0 Å². The minimum atomic E-state index is -0.188. The molecule has 0 unspecified atom stereocenters. The van der Waals surface area contributed by atoms with Crippen LogP contribution in [0.2, 0.25) is 0 Å². The first-order valence-electron chi connectivity index (χ1n) is 10.6. The fourth-order valence-corrected chi connectivity index (χ4v) is 4.53. The Labute approximate surface area is 175 Å². The summed E-state index contributed by atoms with van der Waals surface area (Å²) in [5.41, 5.74) is 2.55. The van der Waals surface area contributed by atoms with Gasteiger partial charge in [0.05, 0.1) is 18.7 Å². The van der Waals surface area contributed by atoms with Gasteiger partial charge in [0.2, 0.25) is 5.78 Å². The van der Waals surface area contributed by atoms with Crippen molar-refractivity contribution in [3.63, 3.8) is 0 Å². The summed E-state index contributed by atoms with van der Waals surface area (Å²) < 4.78 is 11.8. The Morgan fingerprint density at radius 3 is 2.73 bits per heavy atom. The lowest BCUT2D eigenvalue weighted by Crippen LogP contribution is -3.11. The van der Waals surface area contributed by atoms with Crippen molar-refractivity contribution in [2.45, 2.75) is 33.2 Å². The largest absolute Gasteiger partial charge is 0.872 e. The number of Topliss-reactive ketones (excluding diaryl/α,β-unsaturated/α-hetero) is 1. The van der Waals surface area contributed by atoms with Gasteiger partial charge in [-0.05, 0) is 43.4 Å². The smallest absolute Gasteiger partial charge is 0.232 e. The number of fused-ring (bicyclic) bond motifs is 2. The molecule has 0 saturated carbocycles. The Bertz CT molecular complexity index is 1130. The molecule has 0 radical (unpaired) electrons. The standard InChI is InChI=1S/C25H25NO4/c1-15-7-9-26(10-8-15)14-19-20(27)11-16(2)23-24(28)22(30-25(19)23)13-18-12-17-5-3-4-6-21(17)29-18/h3-6,11-13,15,27H,7-10,14H2,1-2H3/b22-13-. The maximum Gasteiger partial charge on any atom is 0.232 e. The normalized spacial score (nSPS) is 22.5. The van der Waals surface area contributed by atoms with E-state index in [0.717, 1.165) is 42.8 Å². The molecule has 5 heteroatoms. The van der Waals surface area contributed by atoms with Crippen molar-refractivity contribution in [3.8, 4) is 11.5 Å². The van der Waals surface area contributed by atoms with Crippen LogP contribution in [-0.4, -0.2) is 18.9 Å². The van der Waals surface area contributed by atoms with Gasteiger partial charge in [0, 0.05) is 17.0 Å². The molecule has 0 aliphatic carbocycles. The van der Waals surface area contributed by atoms with Crippen molar-refractivity contribution in [2.24, 2.45) is 5.92 Å². The molecule has 3 aromatic rings. The molecule has 154 valence electrons. The van der Waals surface area contributed by atoms with E-state index in [1.165, 1.54) is 4.90 Å². The second-order valence-electron chi connectivity index (χ2n) is 8.61. The van der Waals surface area contributed by atoms with Crippen LogP contribution in [-0.2, 0) is 6.54 Å². The number of aryl methyl sites for hydroxylation is 1. The fourth-order valence-electron chi connectivity index (χ4n) is 4.53. The third-order valence-corrected chi connectivity index (χ3v) is 6.33. The lowest BCUT2D eigenvalue weighted by Gasteiger charge is -2.29. The lowest BCUT2D eigenvalue weighted by atomic mass is 9.96. The van der Waals surface area contributed by atoms with Crippen LogP contribution in [0.1, 0.15) is 47.0 Å². The molecular formula is C25H25NO4. The molecule has 5 rings (SSSR count). The predicted octanol–water partition coefficient (Wildman–Crippen LogP) is 3.25. The fraction of sp³-hybridized carbons (Fsp3) is 0.320. The Morgan fingerprint density at radius 2 is 1.97 bits per heavy atom. The quantitative estimate of drug-likeness (QED) is 0.682. The number of quaternary nitrogens is 1. The van der Waals surface area contributed by atoms with Gasteiger partial charge in [-0.25, -0.2) is 0 Å². The van der Waals surface area contributed by atoms with Crippen molar-refractivity contribution < 1.29 is 24.0 Å². The van der Waals surface area contributed by atoms with Crippen LogP contribution in [0, 0.1) is 12.8 Å². The second kappa shape index (κ2) is 7.33. The molecule has 0 spiro atoms. The first-order chi connectivity index (χ1) is 14.5. The topological polar surface area (TPSA) is 66.9 Å². The highest BCUT2D eigenvalue weighted by atomic mass is 16.5. The van der Waals surface area contributed by atoms with Gasteiger partial charge >= 0.3 is 0 Å². The highest BCUT2D eigenvalue weighted by Crippen LogP contribution is 2.40. The molecule has 1 fully saturated rings. The summed E-state index contributed by atoms with van der Waals surface area (Å²) in [5.74, 6) is 1.71. The molecule has 2 aliphatic rings. The van der Waals surface area contributed by atoms with E-state index in [0.29, 0.717) is 34.7 Å². The van der Waals surface area contributed by atoms with E-state index in [4.69, 9.17) is 9.15 Å². The lowest BCUT2D eigenvalue weighted by molar-refractivity contribution is -0.919. The van der Waals surface area contributed by atoms with Gasteiger partial charge in [0.1, 0.15) is 23.6 Å². The van der Waals surface area contributed by atoms with Gasteiger partial charge in [-0.15, -0.1) is 0 Å². The zero-order valence-corrected chi connectivity index (χ0v) is 17.3. The minimum Gasteiger partial charge on any atom is -0.872 e. The zero-order valence-electron chi connectivity index (χ0n) is 17.3. The third-order valence-electron chi connectivity index (χ3n) is 6.33. The van der Waals surface area contributed by atoms with Gasteiger partial charge in [-0.2, -0.15) is 0 Å². The number of allylic oxidation sites excluding steroid dienone is 1. The van der Waals surface area contributed by atoms with E-state index < -0.39 is 0 Å². The van der Waals surface area contributed by atoms with E-state index >= 15 is 0 Å². The van der Waals surface area contributed by atoms with Gasteiger partial charge in [-0.3, -0.25) is 4.79 Å². The van der Waals surface area contributed by atoms with E-state index in [2.05, 4.69) is 6.92 Å². The highest BCUT2D eigenvalue weighted by molar-refractivity contribution is 6.15. The van der Waals surface area contributed by atoms with Crippen molar-refractivity contribution >= 4 is 22.8 Å². The number of benzene rings is 2. The van der Waals surface area contributed by atoms with Crippen molar-refractivity contribution in [1.82, 2.24) is 0 Å². The Hall–Kier alpha value is -3.05. The molecule has 1 N–H and O–H groups in total. The number of rotatable bonds is 3. The van der Waals surface area contributed by atoms with E-state index in [1.54, 1.807) is 19.1 Å². The molecule has 30 heavy (non-hydrogen) atoms. The van der Waals surface area contributed by atoms with Gasteiger partial charge < -0.3 is 19.2 Å². The van der Waals surface area contributed by atoms with Crippen LogP contribution in [0.15, 0.2) is 46.6 Å². The number of carbonyl (C=O) groups excluding carboxylic acids is 1. The number of para-hydroxylation sites is 1. The van der Waals surface area contributed by atoms with Crippen molar-refractivity contribution in [2.75, 3.05) is 13.1 Å². The molecule has 1 aromatic heterocycles. The first-order valence-corrected chi connectivity index (χ1v) is 10.6. The summed E-state index contributed by atoms with van der Waals surface area (Å²) in [6, 6.07) is 11.2. The molecule has 0 bridgehead atoms. The highest BCUT2D eigenvalue weighted by Gasteiger charge is 2.33.